The molecule has 0 saturated carbocycles. The van der Waals surface area contributed by atoms with Crippen molar-refractivity contribution in [3.8, 4) is 11.8 Å². The van der Waals surface area contributed by atoms with Crippen LogP contribution in [0.25, 0.3) is 0 Å². The molecule has 2 aromatic rings. The SMILES string of the molecule is O=[N+]([O-])c1ccccc1C#Cc1ccccc1. The first-order valence-electron chi connectivity index (χ1n) is 5.08. The molecule has 2 rings (SSSR count). The molecule has 0 amide bonds. The van der Waals surface area contributed by atoms with Crippen molar-refractivity contribution in [3.63, 3.8) is 0 Å². The van der Waals surface area contributed by atoms with Gasteiger partial charge in [-0.25, -0.2) is 0 Å². The maximum Gasteiger partial charge on any atom is 0.284 e. The highest BCUT2D eigenvalue weighted by molar-refractivity contribution is 5.53. The van der Waals surface area contributed by atoms with Crippen molar-refractivity contribution in [1.82, 2.24) is 0 Å². The van der Waals surface area contributed by atoms with E-state index in [2.05, 4.69) is 11.8 Å². The van der Waals surface area contributed by atoms with Crippen LogP contribution in [0.5, 0.6) is 0 Å². The van der Waals surface area contributed by atoms with Gasteiger partial charge in [-0.1, -0.05) is 42.2 Å². The van der Waals surface area contributed by atoms with Crippen LogP contribution < -0.4 is 0 Å². The fraction of sp³-hybridized carbons (Fsp3) is 0. The predicted molar refractivity (Wildman–Crippen MR) is 65.5 cm³/mol. The van der Waals surface area contributed by atoms with Crippen molar-refractivity contribution < 1.29 is 4.92 Å². The van der Waals surface area contributed by atoms with Gasteiger partial charge in [-0.05, 0) is 18.2 Å². The van der Waals surface area contributed by atoms with E-state index in [-0.39, 0.29) is 5.69 Å². The van der Waals surface area contributed by atoms with E-state index in [1.165, 1.54) is 6.07 Å². The first kappa shape index (κ1) is 10.9. The number of hydrogen-bond acceptors (Lipinski definition) is 2. The van der Waals surface area contributed by atoms with Gasteiger partial charge < -0.3 is 0 Å². The quantitative estimate of drug-likeness (QED) is 0.423. The number of rotatable bonds is 1. The van der Waals surface area contributed by atoms with E-state index in [0.717, 1.165) is 5.56 Å². The number of benzene rings is 2. The van der Waals surface area contributed by atoms with Crippen LogP contribution in [0.15, 0.2) is 54.6 Å². The van der Waals surface area contributed by atoms with Crippen molar-refractivity contribution in [2.45, 2.75) is 0 Å². The smallest absolute Gasteiger partial charge is 0.258 e. The Balaban J connectivity index is 2.38. The van der Waals surface area contributed by atoms with E-state index >= 15 is 0 Å². The van der Waals surface area contributed by atoms with E-state index in [9.17, 15) is 10.1 Å². The van der Waals surface area contributed by atoms with Crippen molar-refractivity contribution in [1.29, 1.82) is 0 Å². The van der Waals surface area contributed by atoms with Crippen LogP contribution in [0.1, 0.15) is 11.1 Å². The number of hydrogen-bond donors (Lipinski definition) is 0. The van der Waals surface area contributed by atoms with E-state index in [0.29, 0.717) is 5.56 Å². The molecule has 0 aliphatic carbocycles. The summed E-state index contributed by atoms with van der Waals surface area (Å²) in [6, 6.07) is 15.9. The molecule has 17 heavy (non-hydrogen) atoms. The Kier molecular flexibility index (Phi) is 3.18. The molecular formula is C14H9NO2. The summed E-state index contributed by atoms with van der Waals surface area (Å²) in [5.41, 5.74) is 1.31. The van der Waals surface area contributed by atoms with E-state index in [1.807, 2.05) is 30.3 Å². The Morgan fingerprint density at radius 2 is 1.53 bits per heavy atom. The molecule has 0 radical (unpaired) electrons. The minimum Gasteiger partial charge on any atom is -0.258 e. The lowest BCUT2D eigenvalue weighted by molar-refractivity contribution is -0.385. The monoisotopic (exact) mass is 223 g/mol. The minimum atomic E-state index is -0.422. The largest absolute Gasteiger partial charge is 0.284 e. The summed E-state index contributed by atoms with van der Waals surface area (Å²) in [4.78, 5) is 10.3. The van der Waals surface area contributed by atoms with Crippen molar-refractivity contribution >= 4 is 5.69 Å². The lowest BCUT2D eigenvalue weighted by Gasteiger charge is -1.93. The van der Waals surface area contributed by atoms with E-state index < -0.39 is 4.92 Å². The van der Waals surface area contributed by atoms with Gasteiger partial charge in [0.05, 0.1) is 4.92 Å². The Labute approximate surface area is 98.9 Å². The van der Waals surface area contributed by atoms with Crippen molar-refractivity contribution in [2.75, 3.05) is 0 Å². The van der Waals surface area contributed by atoms with Gasteiger partial charge in [0.2, 0.25) is 0 Å². The molecule has 3 nitrogen and oxygen atoms in total. The Morgan fingerprint density at radius 1 is 0.882 bits per heavy atom. The van der Waals surface area contributed by atoms with Crippen LogP contribution in [0, 0.1) is 22.0 Å². The molecule has 0 fully saturated rings. The van der Waals surface area contributed by atoms with Crippen LogP contribution in [0.4, 0.5) is 5.69 Å². The van der Waals surface area contributed by atoms with Gasteiger partial charge >= 0.3 is 0 Å². The third-order valence-corrected chi connectivity index (χ3v) is 2.22. The molecule has 0 saturated heterocycles. The average Bonchev–Trinajstić information content (AvgIpc) is 2.38. The van der Waals surface area contributed by atoms with Crippen LogP contribution in [0.3, 0.4) is 0 Å². The van der Waals surface area contributed by atoms with Gasteiger partial charge in [0.25, 0.3) is 5.69 Å². The van der Waals surface area contributed by atoms with Crippen molar-refractivity contribution in [3.05, 3.63) is 75.8 Å². The van der Waals surface area contributed by atoms with E-state index in [4.69, 9.17) is 0 Å². The second-order valence-corrected chi connectivity index (χ2v) is 3.39. The van der Waals surface area contributed by atoms with Gasteiger partial charge in [-0.2, -0.15) is 0 Å². The Hall–Kier alpha value is -2.60. The molecule has 0 heterocycles. The lowest BCUT2D eigenvalue weighted by Crippen LogP contribution is -1.91. The molecule has 0 atom stereocenters. The maximum atomic E-state index is 10.8. The first-order valence-corrected chi connectivity index (χ1v) is 5.08. The molecule has 82 valence electrons. The fourth-order valence-electron chi connectivity index (χ4n) is 1.40. The Morgan fingerprint density at radius 3 is 2.24 bits per heavy atom. The minimum absolute atomic E-state index is 0.0379. The summed E-state index contributed by atoms with van der Waals surface area (Å²) in [6.07, 6.45) is 0. The molecule has 2 aromatic carbocycles. The van der Waals surface area contributed by atoms with Crippen LogP contribution >= 0.6 is 0 Å². The topological polar surface area (TPSA) is 43.1 Å². The van der Waals surface area contributed by atoms with E-state index in [1.54, 1.807) is 18.2 Å². The summed E-state index contributed by atoms with van der Waals surface area (Å²) < 4.78 is 0. The summed E-state index contributed by atoms with van der Waals surface area (Å²) in [5, 5.41) is 10.8. The number of para-hydroxylation sites is 1. The summed E-state index contributed by atoms with van der Waals surface area (Å²) in [6.45, 7) is 0. The third kappa shape index (κ3) is 2.70. The van der Waals surface area contributed by atoms with Crippen LogP contribution in [0.2, 0.25) is 0 Å². The van der Waals surface area contributed by atoms with Gasteiger partial charge in [0, 0.05) is 11.6 Å². The van der Waals surface area contributed by atoms with Crippen LogP contribution in [-0.2, 0) is 0 Å². The van der Waals surface area contributed by atoms with Gasteiger partial charge in [-0.3, -0.25) is 10.1 Å². The van der Waals surface area contributed by atoms with Gasteiger partial charge in [0.1, 0.15) is 5.56 Å². The summed E-state index contributed by atoms with van der Waals surface area (Å²) >= 11 is 0. The molecule has 0 N–H and O–H groups in total. The lowest BCUT2D eigenvalue weighted by atomic mass is 10.1. The summed E-state index contributed by atoms with van der Waals surface area (Å²) in [5.74, 6) is 5.72. The highest BCUT2D eigenvalue weighted by Crippen LogP contribution is 2.16. The molecule has 0 aromatic heterocycles. The molecule has 0 aliphatic heterocycles. The fourth-order valence-corrected chi connectivity index (χ4v) is 1.40. The number of nitrogens with zero attached hydrogens (tertiary/aromatic N) is 1. The molecule has 3 heteroatoms. The molecule has 0 spiro atoms. The molecule has 0 unspecified atom stereocenters. The predicted octanol–water partition coefficient (Wildman–Crippen LogP) is 2.99. The zero-order valence-electron chi connectivity index (χ0n) is 8.96. The molecular weight excluding hydrogens is 214 g/mol. The normalized spacial score (nSPS) is 9.18. The first-order chi connectivity index (χ1) is 8.27. The maximum absolute atomic E-state index is 10.8. The summed E-state index contributed by atoms with van der Waals surface area (Å²) in [7, 11) is 0. The zero-order chi connectivity index (χ0) is 12.1. The second-order valence-electron chi connectivity index (χ2n) is 3.39. The second kappa shape index (κ2) is 4.95. The molecule has 0 aliphatic rings. The highest BCUT2D eigenvalue weighted by Gasteiger charge is 2.09. The zero-order valence-corrected chi connectivity index (χ0v) is 8.96. The molecule has 0 bridgehead atoms. The van der Waals surface area contributed by atoms with Crippen molar-refractivity contribution in [2.24, 2.45) is 0 Å². The standard InChI is InChI=1S/C14H9NO2/c16-15(17)14-9-5-4-8-13(14)11-10-12-6-2-1-3-7-12/h1-9H. The number of nitro benzene ring substituents is 1. The Bertz CT molecular complexity index is 594. The third-order valence-electron chi connectivity index (χ3n) is 2.22. The number of nitro groups is 1. The van der Waals surface area contributed by atoms with Gasteiger partial charge in [0.15, 0.2) is 0 Å². The average molecular weight is 223 g/mol. The van der Waals surface area contributed by atoms with Gasteiger partial charge in [-0.15, -0.1) is 0 Å². The highest BCUT2D eigenvalue weighted by atomic mass is 16.6. The van der Waals surface area contributed by atoms with Crippen LogP contribution in [-0.4, -0.2) is 4.92 Å².